The summed E-state index contributed by atoms with van der Waals surface area (Å²) in [7, 11) is 0. The predicted molar refractivity (Wildman–Crippen MR) is 54.8 cm³/mol. The van der Waals surface area contributed by atoms with Gasteiger partial charge in [0.2, 0.25) is 0 Å². The smallest absolute Gasteiger partial charge is 0.0876 e. The van der Waals surface area contributed by atoms with Crippen LogP contribution >= 0.6 is 0 Å². The maximum absolute atomic E-state index is 6.17. The van der Waals surface area contributed by atoms with Crippen molar-refractivity contribution in [1.29, 1.82) is 0 Å². The minimum absolute atomic E-state index is 0.0350. The quantitative estimate of drug-likeness (QED) is 0.728. The van der Waals surface area contributed by atoms with Crippen LogP contribution in [0.25, 0.3) is 0 Å². The van der Waals surface area contributed by atoms with E-state index in [4.69, 9.17) is 15.2 Å². The molecule has 2 N–H and O–H groups in total. The molecule has 3 unspecified atom stereocenters. The third-order valence-corrected chi connectivity index (χ3v) is 3.19. The van der Waals surface area contributed by atoms with Crippen LogP contribution in [0, 0.1) is 5.92 Å². The molecular formula is C11H19NO2. The first-order valence-corrected chi connectivity index (χ1v) is 5.47. The Hall–Kier alpha value is -0.540. The normalized spacial score (nSPS) is 34.9. The number of nitrogens with two attached hydrogens (primary N) is 1. The second-order valence-electron chi connectivity index (χ2n) is 4.29. The minimum atomic E-state index is 0.0350. The molecule has 0 saturated carbocycles. The zero-order chi connectivity index (χ0) is 9.97. The van der Waals surface area contributed by atoms with Gasteiger partial charge in [0.25, 0.3) is 0 Å². The van der Waals surface area contributed by atoms with Crippen molar-refractivity contribution in [2.45, 2.75) is 38.3 Å². The molecule has 0 amide bonds. The summed E-state index contributed by atoms with van der Waals surface area (Å²) in [5.41, 5.74) is 7.39. The summed E-state index contributed by atoms with van der Waals surface area (Å²) in [6.45, 7) is 3.90. The summed E-state index contributed by atoms with van der Waals surface area (Å²) in [5, 5.41) is 0. The summed E-state index contributed by atoms with van der Waals surface area (Å²) >= 11 is 0. The molecule has 80 valence electrons. The van der Waals surface area contributed by atoms with Crippen LogP contribution in [0.2, 0.25) is 0 Å². The van der Waals surface area contributed by atoms with Crippen molar-refractivity contribution in [1.82, 2.24) is 0 Å². The molecule has 2 aliphatic heterocycles. The van der Waals surface area contributed by atoms with Crippen molar-refractivity contribution in [2.24, 2.45) is 11.7 Å². The molecule has 0 aliphatic carbocycles. The van der Waals surface area contributed by atoms with E-state index in [-0.39, 0.29) is 12.1 Å². The highest BCUT2D eigenvalue weighted by molar-refractivity contribution is 5.12. The Bertz CT molecular complexity index is 227. The molecule has 0 bridgehead atoms. The topological polar surface area (TPSA) is 44.5 Å². The Balaban J connectivity index is 1.99. The maximum Gasteiger partial charge on any atom is 0.0876 e. The highest BCUT2D eigenvalue weighted by Crippen LogP contribution is 2.27. The van der Waals surface area contributed by atoms with E-state index in [0.29, 0.717) is 5.92 Å². The van der Waals surface area contributed by atoms with Crippen LogP contribution in [-0.4, -0.2) is 25.4 Å². The van der Waals surface area contributed by atoms with Crippen molar-refractivity contribution < 1.29 is 9.47 Å². The second-order valence-corrected chi connectivity index (χ2v) is 4.29. The van der Waals surface area contributed by atoms with E-state index < -0.39 is 0 Å². The summed E-state index contributed by atoms with van der Waals surface area (Å²) in [5.74, 6) is 0.577. The Kier molecular flexibility index (Phi) is 3.08. The SMILES string of the molecule is CC1CCOC1C(N)C1=COCCC1. The molecule has 0 spiro atoms. The number of hydrogen-bond acceptors (Lipinski definition) is 3. The molecule has 14 heavy (non-hydrogen) atoms. The van der Waals surface area contributed by atoms with Crippen LogP contribution in [0.1, 0.15) is 26.2 Å². The Morgan fingerprint density at radius 2 is 2.36 bits per heavy atom. The molecule has 2 rings (SSSR count). The van der Waals surface area contributed by atoms with Crippen molar-refractivity contribution in [3.63, 3.8) is 0 Å². The lowest BCUT2D eigenvalue weighted by molar-refractivity contribution is 0.0774. The maximum atomic E-state index is 6.17. The largest absolute Gasteiger partial charge is 0.501 e. The molecule has 0 radical (unpaired) electrons. The Morgan fingerprint density at radius 1 is 1.50 bits per heavy atom. The molecule has 3 heteroatoms. The van der Waals surface area contributed by atoms with E-state index in [9.17, 15) is 0 Å². The number of hydrogen-bond donors (Lipinski definition) is 1. The van der Waals surface area contributed by atoms with Gasteiger partial charge in [-0.15, -0.1) is 0 Å². The lowest BCUT2D eigenvalue weighted by atomic mass is 9.91. The van der Waals surface area contributed by atoms with Crippen LogP contribution in [-0.2, 0) is 9.47 Å². The van der Waals surface area contributed by atoms with Gasteiger partial charge in [-0.1, -0.05) is 6.92 Å². The van der Waals surface area contributed by atoms with Crippen molar-refractivity contribution in [3.05, 3.63) is 11.8 Å². The highest BCUT2D eigenvalue weighted by atomic mass is 16.5. The first-order valence-electron chi connectivity index (χ1n) is 5.47. The Morgan fingerprint density at radius 3 is 2.93 bits per heavy atom. The first kappa shape index (κ1) is 9.99. The van der Waals surface area contributed by atoms with Gasteiger partial charge in [0.1, 0.15) is 0 Å². The van der Waals surface area contributed by atoms with Crippen LogP contribution in [0.4, 0.5) is 0 Å². The van der Waals surface area contributed by atoms with E-state index in [1.807, 2.05) is 6.26 Å². The molecule has 1 saturated heterocycles. The van der Waals surface area contributed by atoms with Crippen LogP contribution in [0.15, 0.2) is 11.8 Å². The molecule has 0 aromatic heterocycles. The second kappa shape index (κ2) is 4.32. The van der Waals surface area contributed by atoms with Crippen LogP contribution < -0.4 is 5.73 Å². The molecule has 1 fully saturated rings. The summed E-state index contributed by atoms with van der Waals surface area (Å²) in [6.07, 6.45) is 5.31. The fraction of sp³-hybridized carbons (Fsp3) is 0.818. The lowest BCUT2D eigenvalue weighted by Crippen LogP contribution is -2.40. The molecule has 2 heterocycles. The predicted octanol–water partition coefficient (Wildman–Crippen LogP) is 1.43. The molecular weight excluding hydrogens is 178 g/mol. The summed E-state index contributed by atoms with van der Waals surface area (Å²) in [4.78, 5) is 0. The van der Waals surface area contributed by atoms with Gasteiger partial charge in [0, 0.05) is 6.61 Å². The van der Waals surface area contributed by atoms with Crippen molar-refractivity contribution in [3.8, 4) is 0 Å². The highest BCUT2D eigenvalue weighted by Gasteiger charge is 2.32. The average molecular weight is 197 g/mol. The van der Waals surface area contributed by atoms with Crippen LogP contribution in [0.5, 0.6) is 0 Å². The average Bonchev–Trinajstić information content (AvgIpc) is 2.65. The Labute approximate surface area is 85.3 Å². The molecule has 0 aromatic carbocycles. The molecule has 3 nitrogen and oxygen atoms in total. The third-order valence-electron chi connectivity index (χ3n) is 3.19. The van der Waals surface area contributed by atoms with Gasteiger partial charge in [0.05, 0.1) is 25.0 Å². The van der Waals surface area contributed by atoms with Gasteiger partial charge in [-0.05, 0) is 30.8 Å². The molecule has 0 aromatic rings. The lowest BCUT2D eigenvalue weighted by Gasteiger charge is -2.26. The van der Waals surface area contributed by atoms with E-state index in [2.05, 4.69) is 6.92 Å². The van der Waals surface area contributed by atoms with Gasteiger partial charge >= 0.3 is 0 Å². The minimum Gasteiger partial charge on any atom is -0.501 e. The van der Waals surface area contributed by atoms with Gasteiger partial charge in [-0.2, -0.15) is 0 Å². The van der Waals surface area contributed by atoms with E-state index in [1.165, 1.54) is 5.57 Å². The molecule has 2 aliphatic rings. The van der Waals surface area contributed by atoms with Gasteiger partial charge in [-0.3, -0.25) is 0 Å². The summed E-state index contributed by atoms with van der Waals surface area (Å²) in [6, 6.07) is 0.0350. The standard InChI is InChI=1S/C11H19NO2/c1-8-4-6-14-11(8)10(12)9-3-2-5-13-7-9/h7-8,10-11H,2-6,12H2,1H3. The van der Waals surface area contributed by atoms with Crippen molar-refractivity contribution >= 4 is 0 Å². The van der Waals surface area contributed by atoms with Gasteiger partial charge in [-0.25, -0.2) is 0 Å². The number of ether oxygens (including phenoxy) is 2. The van der Waals surface area contributed by atoms with E-state index >= 15 is 0 Å². The van der Waals surface area contributed by atoms with E-state index in [0.717, 1.165) is 32.5 Å². The zero-order valence-electron chi connectivity index (χ0n) is 8.74. The fourth-order valence-electron chi connectivity index (χ4n) is 2.22. The van der Waals surface area contributed by atoms with E-state index in [1.54, 1.807) is 0 Å². The van der Waals surface area contributed by atoms with Gasteiger partial charge < -0.3 is 15.2 Å². The van der Waals surface area contributed by atoms with Crippen LogP contribution in [0.3, 0.4) is 0 Å². The monoisotopic (exact) mass is 197 g/mol. The first-order chi connectivity index (χ1) is 6.79. The van der Waals surface area contributed by atoms with Gasteiger partial charge in [0.15, 0.2) is 0 Å². The number of rotatable bonds is 2. The summed E-state index contributed by atoms with van der Waals surface area (Å²) < 4.78 is 11.0. The fourth-order valence-corrected chi connectivity index (χ4v) is 2.22. The third kappa shape index (κ3) is 1.93. The zero-order valence-corrected chi connectivity index (χ0v) is 8.74. The van der Waals surface area contributed by atoms with Crippen molar-refractivity contribution in [2.75, 3.05) is 13.2 Å². The molecule has 3 atom stereocenters.